The highest BCUT2D eigenvalue weighted by molar-refractivity contribution is 5.78. The summed E-state index contributed by atoms with van der Waals surface area (Å²) in [4.78, 5) is 27.6. The van der Waals surface area contributed by atoms with Crippen LogP contribution >= 0.6 is 0 Å². The molecule has 128 valence electrons. The predicted octanol–water partition coefficient (Wildman–Crippen LogP) is 0.393. The van der Waals surface area contributed by atoms with Gasteiger partial charge in [-0.25, -0.2) is 4.79 Å². The molecule has 7 nitrogen and oxygen atoms in total. The Morgan fingerprint density at radius 2 is 2.00 bits per heavy atom. The molecular weight excluding hydrogens is 284 g/mol. The van der Waals surface area contributed by atoms with Crippen molar-refractivity contribution in [2.45, 2.75) is 45.8 Å². The third-order valence-electron chi connectivity index (χ3n) is 3.45. The van der Waals surface area contributed by atoms with Crippen molar-refractivity contribution in [3.05, 3.63) is 0 Å². The van der Waals surface area contributed by atoms with E-state index in [9.17, 15) is 9.59 Å². The standard InChI is InChI=1S/C15H30N4O3/c1-5-6-17-13(20)11-18-7-8-19(10-12(18)9-16)14(21)22-15(2,3)4/h12H,5-11,16H2,1-4H3,(H,17,20). The molecular formula is C15H30N4O3. The van der Waals surface area contributed by atoms with E-state index in [2.05, 4.69) is 5.32 Å². The smallest absolute Gasteiger partial charge is 0.410 e. The third kappa shape index (κ3) is 6.19. The molecule has 1 aliphatic rings. The number of nitrogens with one attached hydrogen (secondary N) is 1. The lowest BCUT2D eigenvalue weighted by Crippen LogP contribution is -2.59. The first-order valence-corrected chi connectivity index (χ1v) is 7.95. The summed E-state index contributed by atoms with van der Waals surface area (Å²) in [5, 5.41) is 2.86. The van der Waals surface area contributed by atoms with Crippen molar-refractivity contribution >= 4 is 12.0 Å². The second-order valence-corrected chi connectivity index (χ2v) is 6.64. The summed E-state index contributed by atoms with van der Waals surface area (Å²) < 4.78 is 5.39. The maximum atomic E-state index is 12.1. The zero-order valence-corrected chi connectivity index (χ0v) is 14.2. The van der Waals surface area contributed by atoms with Crippen LogP contribution in [0, 0.1) is 0 Å². The minimum absolute atomic E-state index is 0.00557. The van der Waals surface area contributed by atoms with Crippen LogP contribution in [0.5, 0.6) is 0 Å². The van der Waals surface area contributed by atoms with E-state index in [4.69, 9.17) is 10.5 Å². The Morgan fingerprint density at radius 3 is 2.55 bits per heavy atom. The Kier molecular flexibility index (Phi) is 7.09. The summed E-state index contributed by atoms with van der Waals surface area (Å²) in [6.07, 6.45) is 0.597. The molecule has 0 spiro atoms. The maximum Gasteiger partial charge on any atom is 0.410 e. The molecule has 7 heteroatoms. The first-order valence-electron chi connectivity index (χ1n) is 7.95. The molecule has 0 aromatic rings. The topological polar surface area (TPSA) is 87.9 Å². The van der Waals surface area contributed by atoms with Crippen molar-refractivity contribution < 1.29 is 14.3 Å². The number of rotatable bonds is 5. The van der Waals surface area contributed by atoms with Crippen molar-refractivity contribution in [1.82, 2.24) is 15.1 Å². The number of carbonyl (C=O) groups is 2. The third-order valence-corrected chi connectivity index (χ3v) is 3.45. The van der Waals surface area contributed by atoms with E-state index in [1.54, 1.807) is 4.90 Å². The second-order valence-electron chi connectivity index (χ2n) is 6.64. The Labute approximate surface area is 133 Å². The average molecular weight is 314 g/mol. The van der Waals surface area contributed by atoms with Gasteiger partial charge in [-0.2, -0.15) is 0 Å². The van der Waals surface area contributed by atoms with E-state index in [0.717, 1.165) is 6.42 Å². The lowest BCUT2D eigenvalue weighted by molar-refractivity contribution is -0.123. The molecule has 0 radical (unpaired) electrons. The minimum Gasteiger partial charge on any atom is -0.444 e. The summed E-state index contributed by atoms with van der Waals surface area (Å²) in [7, 11) is 0. The first kappa shape index (κ1) is 18.7. The van der Waals surface area contributed by atoms with Gasteiger partial charge in [0.25, 0.3) is 0 Å². The van der Waals surface area contributed by atoms with Crippen LogP contribution in [-0.2, 0) is 9.53 Å². The van der Waals surface area contributed by atoms with Crippen molar-refractivity contribution in [1.29, 1.82) is 0 Å². The lowest BCUT2D eigenvalue weighted by Gasteiger charge is -2.40. The van der Waals surface area contributed by atoms with Crippen molar-refractivity contribution in [3.63, 3.8) is 0 Å². The van der Waals surface area contributed by atoms with Crippen LogP contribution in [0.25, 0.3) is 0 Å². The van der Waals surface area contributed by atoms with E-state index in [1.807, 2.05) is 32.6 Å². The summed E-state index contributed by atoms with van der Waals surface area (Å²) in [5.74, 6) is 0.00557. The number of hydrogen-bond acceptors (Lipinski definition) is 5. The van der Waals surface area contributed by atoms with Gasteiger partial charge < -0.3 is 20.7 Å². The molecule has 1 fully saturated rings. The van der Waals surface area contributed by atoms with Crippen molar-refractivity contribution in [2.24, 2.45) is 5.73 Å². The molecule has 1 unspecified atom stereocenters. The Bertz CT molecular complexity index is 381. The normalized spacial score (nSPS) is 19.9. The number of carbonyl (C=O) groups excluding carboxylic acids is 2. The molecule has 0 aromatic heterocycles. The number of hydrogen-bond donors (Lipinski definition) is 2. The molecule has 22 heavy (non-hydrogen) atoms. The zero-order chi connectivity index (χ0) is 16.8. The SMILES string of the molecule is CCCNC(=O)CN1CCN(C(=O)OC(C)(C)C)CC1CN. The van der Waals surface area contributed by atoms with Gasteiger partial charge in [0.15, 0.2) is 0 Å². The van der Waals surface area contributed by atoms with Crippen LogP contribution in [0.4, 0.5) is 4.79 Å². The Hall–Kier alpha value is -1.34. The van der Waals surface area contributed by atoms with Gasteiger partial charge in [-0.15, -0.1) is 0 Å². The molecule has 1 atom stereocenters. The molecule has 1 rings (SSSR count). The van der Waals surface area contributed by atoms with Gasteiger partial charge in [0.05, 0.1) is 6.54 Å². The summed E-state index contributed by atoms with van der Waals surface area (Å²) >= 11 is 0. The van der Waals surface area contributed by atoms with Crippen LogP contribution in [0.1, 0.15) is 34.1 Å². The largest absolute Gasteiger partial charge is 0.444 e. The van der Waals surface area contributed by atoms with Gasteiger partial charge >= 0.3 is 6.09 Å². The number of piperazine rings is 1. The minimum atomic E-state index is -0.507. The van der Waals surface area contributed by atoms with Crippen LogP contribution < -0.4 is 11.1 Å². The van der Waals surface area contributed by atoms with Gasteiger partial charge in [0.2, 0.25) is 5.91 Å². The highest BCUT2D eigenvalue weighted by atomic mass is 16.6. The van der Waals surface area contributed by atoms with Crippen molar-refractivity contribution in [2.75, 3.05) is 39.3 Å². The van der Waals surface area contributed by atoms with Crippen LogP contribution in [0.3, 0.4) is 0 Å². The molecule has 1 heterocycles. The lowest BCUT2D eigenvalue weighted by atomic mass is 10.1. The van der Waals surface area contributed by atoms with Gasteiger partial charge in [-0.05, 0) is 27.2 Å². The highest BCUT2D eigenvalue weighted by Crippen LogP contribution is 2.14. The molecule has 1 aliphatic heterocycles. The molecule has 3 N–H and O–H groups in total. The van der Waals surface area contributed by atoms with Crippen LogP contribution in [-0.4, -0.2) is 72.7 Å². The van der Waals surface area contributed by atoms with Gasteiger partial charge in [0, 0.05) is 38.8 Å². The van der Waals surface area contributed by atoms with Crippen molar-refractivity contribution in [3.8, 4) is 0 Å². The van der Waals surface area contributed by atoms with E-state index < -0.39 is 5.60 Å². The fourth-order valence-corrected chi connectivity index (χ4v) is 2.32. The quantitative estimate of drug-likeness (QED) is 0.766. The van der Waals surface area contributed by atoms with E-state index >= 15 is 0 Å². The first-order chi connectivity index (χ1) is 10.3. The fraction of sp³-hybridized carbons (Fsp3) is 0.867. The molecule has 0 saturated carbocycles. The van der Waals surface area contributed by atoms with E-state index in [0.29, 0.717) is 39.3 Å². The summed E-state index contributed by atoms with van der Waals surface area (Å²) in [5.41, 5.74) is 5.30. The molecule has 2 amide bonds. The number of nitrogens with zero attached hydrogens (tertiary/aromatic N) is 2. The number of ether oxygens (including phenoxy) is 1. The van der Waals surface area contributed by atoms with E-state index in [1.165, 1.54) is 0 Å². The summed E-state index contributed by atoms with van der Waals surface area (Å²) in [6.45, 7) is 10.6. The van der Waals surface area contributed by atoms with Gasteiger partial charge in [-0.1, -0.05) is 6.92 Å². The van der Waals surface area contributed by atoms with Gasteiger partial charge in [0.1, 0.15) is 5.60 Å². The molecule has 0 bridgehead atoms. The molecule has 0 aliphatic carbocycles. The Morgan fingerprint density at radius 1 is 1.32 bits per heavy atom. The zero-order valence-electron chi connectivity index (χ0n) is 14.2. The van der Waals surface area contributed by atoms with Crippen LogP contribution in [0.2, 0.25) is 0 Å². The number of nitrogens with two attached hydrogens (primary N) is 1. The second kappa shape index (κ2) is 8.33. The highest BCUT2D eigenvalue weighted by Gasteiger charge is 2.31. The number of amides is 2. The van der Waals surface area contributed by atoms with E-state index in [-0.39, 0.29) is 18.0 Å². The summed E-state index contributed by atoms with van der Waals surface area (Å²) in [6, 6.07) is -0.0198. The average Bonchev–Trinajstić information content (AvgIpc) is 2.43. The monoisotopic (exact) mass is 314 g/mol. The molecule has 1 saturated heterocycles. The molecule has 0 aromatic carbocycles. The Balaban J connectivity index is 2.53. The fourth-order valence-electron chi connectivity index (χ4n) is 2.32. The van der Waals surface area contributed by atoms with Gasteiger partial charge in [-0.3, -0.25) is 9.69 Å². The predicted molar refractivity (Wildman–Crippen MR) is 85.5 cm³/mol. The maximum absolute atomic E-state index is 12.1. The van der Waals surface area contributed by atoms with Crippen LogP contribution in [0.15, 0.2) is 0 Å².